The molecule has 0 amide bonds. The van der Waals surface area contributed by atoms with Crippen LogP contribution in [0.5, 0.6) is 0 Å². The molecule has 0 unspecified atom stereocenters. The predicted molar refractivity (Wildman–Crippen MR) is 78.3 cm³/mol. The van der Waals surface area contributed by atoms with E-state index < -0.39 is 10.0 Å². The Morgan fingerprint density at radius 3 is 2.74 bits per heavy atom. The Morgan fingerprint density at radius 2 is 2.05 bits per heavy atom. The number of anilines is 1. The van der Waals surface area contributed by atoms with E-state index in [-0.39, 0.29) is 9.34 Å². The summed E-state index contributed by atoms with van der Waals surface area (Å²) in [6.07, 6.45) is 0. The van der Waals surface area contributed by atoms with Gasteiger partial charge >= 0.3 is 0 Å². The average molecular weight is 329 g/mol. The van der Waals surface area contributed by atoms with Gasteiger partial charge in [-0.2, -0.15) is 11.3 Å². The fourth-order valence-electron chi connectivity index (χ4n) is 1.35. The van der Waals surface area contributed by atoms with Crippen molar-refractivity contribution in [1.82, 2.24) is 10.2 Å². The van der Waals surface area contributed by atoms with E-state index in [0.29, 0.717) is 5.01 Å². The Bertz CT molecular complexity index is 760. The number of aromatic nitrogens is 2. The van der Waals surface area contributed by atoms with E-state index >= 15 is 0 Å². The topological polar surface area (TPSA) is 72.0 Å². The van der Waals surface area contributed by atoms with Crippen LogP contribution in [-0.4, -0.2) is 18.6 Å². The smallest absolute Gasteiger partial charge is 0.252 e. The maximum absolute atomic E-state index is 12.0. The van der Waals surface area contributed by atoms with Crippen molar-refractivity contribution in [2.45, 2.75) is 4.21 Å². The summed E-state index contributed by atoms with van der Waals surface area (Å²) in [5.74, 6) is 0. The van der Waals surface area contributed by atoms with E-state index in [0.717, 1.165) is 16.9 Å². The van der Waals surface area contributed by atoms with Crippen LogP contribution in [-0.2, 0) is 10.0 Å². The minimum Gasteiger partial charge on any atom is -0.252 e. The van der Waals surface area contributed by atoms with Gasteiger partial charge < -0.3 is 0 Å². The lowest BCUT2D eigenvalue weighted by Crippen LogP contribution is -2.11. The van der Waals surface area contributed by atoms with Gasteiger partial charge in [-0.1, -0.05) is 17.4 Å². The van der Waals surface area contributed by atoms with E-state index in [1.807, 2.05) is 16.8 Å². The largest absolute Gasteiger partial charge is 0.273 e. The minimum atomic E-state index is -3.55. The molecule has 3 rings (SSSR count). The van der Waals surface area contributed by atoms with Crippen molar-refractivity contribution in [2.24, 2.45) is 0 Å². The number of hydrogen-bond donors (Lipinski definition) is 1. The van der Waals surface area contributed by atoms with Crippen molar-refractivity contribution in [1.29, 1.82) is 0 Å². The van der Waals surface area contributed by atoms with Crippen molar-refractivity contribution < 1.29 is 8.42 Å². The third-order valence-electron chi connectivity index (χ3n) is 2.17. The Kier molecular flexibility index (Phi) is 3.35. The third kappa shape index (κ3) is 2.68. The molecule has 3 aromatic heterocycles. The molecule has 0 fully saturated rings. The van der Waals surface area contributed by atoms with Gasteiger partial charge in [0.15, 0.2) is 0 Å². The van der Waals surface area contributed by atoms with Crippen molar-refractivity contribution in [3.8, 4) is 10.6 Å². The van der Waals surface area contributed by atoms with Crippen LogP contribution in [0.3, 0.4) is 0 Å². The first-order chi connectivity index (χ1) is 9.15. The van der Waals surface area contributed by atoms with Crippen LogP contribution < -0.4 is 4.72 Å². The molecule has 1 N–H and O–H groups in total. The van der Waals surface area contributed by atoms with Crippen LogP contribution in [0.25, 0.3) is 10.6 Å². The van der Waals surface area contributed by atoms with E-state index in [1.54, 1.807) is 28.8 Å². The molecule has 98 valence electrons. The van der Waals surface area contributed by atoms with Gasteiger partial charge in [0.1, 0.15) is 9.22 Å². The highest BCUT2D eigenvalue weighted by molar-refractivity contribution is 7.94. The van der Waals surface area contributed by atoms with Crippen molar-refractivity contribution in [2.75, 3.05) is 4.72 Å². The van der Waals surface area contributed by atoms with Crippen LogP contribution in [0.4, 0.5) is 5.13 Å². The number of sulfonamides is 1. The number of rotatable bonds is 4. The number of thiophene rings is 2. The molecule has 0 atom stereocenters. The van der Waals surface area contributed by atoms with Crippen LogP contribution >= 0.6 is 34.0 Å². The van der Waals surface area contributed by atoms with Crippen LogP contribution in [0.15, 0.2) is 38.5 Å². The maximum atomic E-state index is 12.0. The predicted octanol–water partition coefficient (Wildman–Crippen LogP) is 3.13. The molecule has 0 spiro atoms. The molecule has 5 nitrogen and oxygen atoms in total. The molecular weight excluding hydrogens is 322 g/mol. The van der Waals surface area contributed by atoms with Gasteiger partial charge in [-0.15, -0.1) is 21.5 Å². The Hall–Kier alpha value is -1.29. The van der Waals surface area contributed by atoms with Crippen LogP contribution in [0.1, 0.15) is 0 Å². The SMILES string of the molecule is O=S(=O)(Nc1nnc(-c2ccsc2)s1)c1cccs1. The molecule has 0 saturated carbocycles. The third-order valence-corrected chi connectivity index (χ3v) is 6.61. The summed E-state index contributed by atoms with van der Waals surface area (Å²) >= 11 is 3.93. The first-order valence-electron chi connectivity index (χ1n) is 5.07. The molecule has 0 aliphatic carbocycles. The van der Waals surface area contributed by atoms with Gasteiger partial charge in [0.05, 0.1) is 0 Å². The van der Waals surface area contributed by atoms with E-state index in [1.165, 1.54) is 11.3 Å². The van der Waals surface area contributed by atoms with Gasteiger partial charge in [0, 0.05) is 10.9 Å². The highest BCUT2D eigenvalue weighted by atomic mass is 32.2. The first-order valence-corrected chi connectivity index (χ1v) is 9.20. The fourth-order valence-corrected chi connectivity index (χ4v) is 5.03. The van der Waals surface area contributed by atoms with Gasteiger partial charge in [0.25, 0.3) is 10.0 Å². The molecule has 3 heterocycles. The molecule has 0 aromatic carbocycles. The summed E-state index contributed by atoms with van der Waals surface area (Å²) in [5, 5.41) is 14.4. The summed E-state index contributed by atoms with van der Waals surface area (Å²) in [6, 6.07) is 5.16. The summed E-state index contributed by atoms with van der Waals surface area (Å²) in [6.45, 7) is 0. The van der Waals surface area contributed by atoms with E-state index in [4.69, 9.17) is 0 Å². The molecule has 0 bridgehead atoms. The number of nitrogens with one attached hydrogen (secondary N) is 1. The summed E-state index contributed by atoms with van der Waals surface area (Å²) in [5.41, 5.74) is 0.948. The summed E-state index contributed by atoms with van der Waals surface area (Å²) in [4.78, 5) is 0. The molecule has 9 heteroatoms. The molecule has 0 saturated heterocycles. The standard InChI is InChI=1S/C10H7N3O2S4/c14-19(15,8-2-1-4-17-8)13-10-12-11-9(18-10)7-3-5-16-6-7/h1-6H,(H,12,13). The lowest BCUT2D eigenvalue weighted by atomic mass is 10.4. The van der Waals surface area contributed by atoms with Gasteiger partial charge in [-0.3, -0.25) is 4.72 Å². The molecule has 3 aromatic rings. The molecular formula is C10H7N3O2S4. The Balaban J connectivity index is 1.85. The quantitative estimate of drug-likeness (QED) is 0.798. The maximum Gasteiger partial charge on any atom is 0.273 e. The van der Waals surface area contributed by atoms with E-state index in [9.17, 15) is 8.42 Å². The molecule has 19 heavy (non-hydrogen) atoms. The Morgan fingerprint density at radius 1 is 1.16 bits per heavy atom. The monoisotopic (exact) mass is 329 g/mol. The average Bonchev–Trinajstić information content (AvgIpc) is 3.11. The lowest BCUT2D eigenvalue weighted by molar-refractivity contribution is 0.603. The van der Waals surface area contributed by atoms with Crippen molar-refractivity contribution in [3.63, 3.8) is 0 Å². The van der Waals surface area contributed by atoms with Gasteiger partial charge in [-0.05, 0) is 22.9 Å². The second kappa shape index (κ2) is 5.00. The van der Waals surface area contributed by atoms with Crippen molar-refractivity contribution >= 4 is 49.2 Å². The first kappa shape index (κ1) is 12.7. The van der Waals surface area contributed by atoms with Crippen molar-refractivity contribution in [3.05, 3.63) is 34.3 Å². The number of hydrogen-bond acceptors (Lipinski definition) is 7. The van der Waals surface area contributed by atoms with Crippen LogP contribution in [0, 0.1) is 0 Å². The highest BCUT2D eigenvalue weighted by Gasteiger charge is 2.18. The fraction of sp³-hybridized carbons (Fsp3) is 0. The van der Waals surface area contributed by atoms with Gasteiger partial charge in [0.2, 0.25) is 5.13 Å². The number of nitrogens with zero attached hydrogens (tertiary/aromatic N) is 2. The molecule has 0 aliphatic rings. The normalized spacial score (nSPS) is 11.6. The zero-order valence-corrected chi connectivity index (χ0v) is 12.6. The Labute approximate surface area is 121 Å². The zero-order chi connectivity index (χ0) is 13.3. The summed E-state index contributed by atoms with van der Waals surface area (Å²) in [7, 11) is -3.55. The summed E-state index contributed by atoms with van der Waals surface area (Å²) < 4.78 is 26.7. The second-order valence-corrected chi connectivity index (χ2v) is 8.08. The second-order valence-electron chi connectivity index (χ2n) is 3.46. The van der Waals surface area contributed by atoms with E-state index in [2.05, 4.69) is 14.9 Å². The van der Waals surface area contributed by atoms with Crippen LogP contribution in [0.2, 0.25) is 0 Å². The molecule has 0 aliphatic heterocycles. The minimum absolute atomic E-state index is 0.264. The van der Waals surface area contributed by atoms with Gasteiger partial charge in [-0.25, -0.2) is 8.42 Å². The molecule has 0 radical (unpaired) electrons. The highest BCUT2D eigenvalue weighted by Crippen LogP contribution is 2.29. The zero-order valence-electron chi connectivity index (χ0n) is 9.31. The lowest BCUT2D eigenvalue weighted by Gasteiger charge is -2.00.